The second kappa shape index (κ2) is 7.39. The molecule has 2 amide bonds. The Labute approximate surface area is 156 Å². The third kappa shape index (κ3) is 3.37. The Morgan fingerprint density at radius 1 is 1.04 bits per heavy atom. The first-order valence-corrected chi connectivity index (χ1v) is 9.54. The molecular weight excluding hydrogens is 328 g/mol. The van der Waals surface area contributed by atoms with Crippen molar-refractivity contribution in [3.05, 3.63) is 35.9 Å². The second-order valence-corrected chi connectivity index (χ2v) is 8.14. The monoisotopic (exact) mass is 358 g/mol. The molecule has 0 aromatic heterocycles. The van der Waals surface area contributed by atoms with Crippen LogP contribution in [0.15, 0.2) is 30.3 Å². The summed E-state index contributed by atoms with van der Waals surface area (Å²) in [5, 5.41) is 0. The highest BCUT2D eigenvalue weighted by molar-refractivity contribution is 5.88. The summed E-state index contributed by atoms with van der Waals surface area (Å²) >= 11 is 0. The normalized spacial score (nSPS) is 19.8. The van der Waals surface area contributed by atoms with Gasteiger partial charge in [0, 0.05) is 33.3 Å². The summed E-state index contributed by atoms with van der Waals surface area (Å²) in [4.78, 5) is 29.8. The molecule has 2 fully saturated rings. The molecule has 1 aromatic carbocycles. The minimum Gasteiger partial charge on any atom is -0.384 e. The van der Waals surface area contributed by atoms with Crippen molar-refractivity contribution in [2.24, 2.45) is 5.41 Å². The van der Waals surface area contributed by atoms with Crippen LogP contribution in [0.2, 0.25) is 0 Å². The van der Waals surface area contributed by atoms with Crippen LogP contribution in [0.5, 0.6) is 0 Å². The number of benzene rings is 1. The maximum absolute atomic E-state index is 13.1. The molecule has 0 bridgehead atoms. The van der Waals surface area contributed by atoms with Gasteiger partial charge in [-0.15, -0.1) is 0 Å². The molecule has 142 valence electrons. The molecule has 1 aromatic rings. The zero-order valence-corrected chi connectivity index (χ0v) is 16.2. The van der Waals surface area contributed by atoms with Gasteiger partial charge in [-0.2, -0.15) is 0 Å². The molecule has 0 unspecified atom stereocenters. The highest BCUT2D eigenvalue weighted by Crippen LogP contribution is 2.43. The van der Waals surface area contributed by atoms with Crippen LogP contribution >= 0.6 is 0 Å². The lowest BCUT2D eigenvalue weighted by Crippen LogP contribution is -2.58. The largest absolute Gasteiger partial charge is 0.384 e. The van der Waals surface area contributed by atoms with Crippen molar-refractivity contribution in [2.45, 2.75) is 38.5 Å². The summed E-state index contributed by atoms with van der Waals surface area (Å²) in [6, 6.07) is 9.90. The van der Waals surface area contributed by atoms with Gasteiger partial charge in [0.2, 0.25) is 11.8 Å². The lowest BCUT2D eigenvalue weighted by molar-refractivity contribution is -0.156. The Morgan fingerprint density at radius 3 is 2.12 bits per heavy atom. The SMILES string of the molecule is COCC1(C(=O)N2CCN(C(=O)C(C)(C)c3ccccc3)CC2)CCC1. The molecule has 2 aliphatic rings. The number of ether oxygens (including phenoxy) is 1. The Hall–Kier alpha value is -1.88. The molecule has 0 atom stereocenters. The van der Waals surface area contributed by atoms with Gasteiger partial charge in [0.1, 0.15) is 0 Å². The van der Waals surface area contributed by atoms with E-state index >= 15 is 0 Å². The van der Waals surface area contributed by atoms with E-state index in [0.29, 0.717) is 32.8 Å². The smallest absolute Gasteiger partial charge is 0.232 e. The van der Waals surface area contributed by atoms with Crippen LogP contribution in [-0.4, -0.2) is 61.5 Å². The quantitative estimate of drug-likeness (QED) is 0.812. The first-order chi connectivity index (χ1) is 12.4. The van der Waals surface area contributed by atoms with Gasteiger partial charge in [0.25, 0.3) is 0 Å². The standard InChI is InChI=1S/C21H30N2O3/c1-20(2,17-8-5-4-6-9-17)18(24)22-12-14-23(15-13-22)19(25)21(16-26-3)10-7-11-21/h4-6,8-9H,7,10-16H2,1-3H3. The molecule has 26 heavy (non-hydrogen) atoms. The van der Waals surface area contributed by atoms with E-state index in [-0.39, 0.29) is 17.2 Å². The average Bonchev–Trinajstić information content (AvgIpc) is 2.64. The number of methoxy groups -OCH3 is 1. The maximum Gasteiger partial charge on any atom is 0.232 e. The number of amides is 2. The zero-order chi connectivity index (χ0) is 18.8. The van der Waals surface area contributed by atoms with Crippen LogP contribution in [0.1, 0.15) is 38.7 Å². The number of carbonyl (C=O) groups excluding carboxylic acids is 2. The summed E-state index contributed by atoms with van der Waals surface area (Å²) < 4.78 is 5.30. The summed E-state index contributed by atoms with van der Waals surface area (Å²) in [6.45, 7) is 6.88. The van der Waals surface area contributed by atoms with E-state index < -0.39 is 5.41 Å². The predicted molar refractivity (Wildman–Crippen MR) is 101 cm³/mol. The van der Waals surface area contributed by atoms with Crippen LogP contribution in [0, 0.1) is 5.41 Å². The van der Waals surface area contributed by atoms with Gasteiger partial charge in [0.05, 0.1) is 17.4 Å². The molecule has 5 nitrogen and oxygen atoms in total. The van der Waals surface area contributed by atoms with Crippen LogP contribution in [0.4, 0.5) is 0 Å². The molecule has 5 heteroatoms. The number of piperazine rings is 1. The third-order valence-corrected chi connectivity index (χ3v) is 6.07. The van der Waals surface area contributed by atoms with Crippen molar-refractivity contribution in [1.82, 2.24) is 9.80 Å². The van der Waals surface area contributed by atoms with Crippen LogP contribution in [0.3, 0.4) is 0 Å². The van der Waals surface area contributed by atoms with Gasteiger partial charge < -0.3 is 14.5 Å². The number of nitrogens with zero attached hydrogens (tertiary/aromatic N) is 2. The molecule has 0 N–H and O–H groups in total. The summed E-state index contributed by atoms with van der Waals surface area (Å²) in [5.74, 6) is 0.339. The molecule has 3 rings (SSSR count). The van der Waals surface area contributed by atoms with Crippen molar-refractivity contribution in [2.75, 3.05) is 39.9 Å². The molecule has 0 radical (unpaired) electrons. The summed E-state index contributed by atoms with van der Waals surface area (Å²) in [5.41, 5.74) is 0.153. The Kier molecular flexibility index (Phi) is 5.37. The van der Waals surface area contributed by atoms with E-state index in [2.05, 4.69) is 0 Å². The first-order valence-electron chi connectivity index (χ1n) is 9.54. The van der Waals surface area contributed by atoms with Gasteiger partial charge in [0.15, 0.2) is 0 Å². The lowest BCUT2D eigenvalue weighted by Gasteiger charge is -2.46. The fraction of sp³-hybridized carbons (Fsp3) is 0.619. The van der Waals surface area contributed by atoms with E-state index in [9.17, 15) is 9.59 Å². The zero-order valence-electron chi connectivity index (χ0n) is 16.2. The Bertz CT molecular complexity index is 644. The molecule has 1 saturated heterocycles. The maximum atomic E-state index is 13.1. The minimum atomic E-state index is -0.557. The fourth-order valence-electron chi connectivity index (χ4n) is 4.12. The van der Waals surface area contributed by atoms with Crippen molar-refractivity contribution >= 4 is 11.8 Å². The van der Waals surface area contributed by atoms with Crippen LogP contribution in [-0.2, 0) is 19.7 Å². The van der Waals surface area contributed by atoms with Crippen molar-refractivity contribution in [3.8, 4) is 0 Å². The van der Waals surface area contributed by atoms with Gasteiger partial charge in [-0.3, -0.25) is 9.59 Å². The second-order valence-electron chi connectivity index (χ2n) is 8.14. The van der Waals surface area contributed by atoms with Gasteiger partial charge in [-0.25, -0.2) is 0 Å². The van der Waals surface area contributed by atoms with E-state index in [1.807, 2.05) is 54.0 Å². The Balaban J connectivity index is 1.61. The predicted octanol–water partition coefficient (Wildman–Crippen LogP) is 2.45. The van der Waals surface area contributed by atoms with E-state index in [4.69, 9.17) is 4.74 Å². The molecule has 1 aliphatic heterocycles. The molecule has 1 saturated carbocycles. The first kappa shape index (κ1) is 18.9. The average molecular weight is 358 g/mol. The number of hydrogen-bond acceptors (Lipinski definition) is 3. The lowest BCUT2D eigenvalue weighted by atomic mass is 9.68. The highest BCUT2D eigenvalue weighted by atomic mass is 16.5. The number of rotatable bonds is 5. The topological polar surface area (TPSA) is 49.9 Å². The van der Waals surface area contributed by atoms with E-state index in [1.54, 1.807) is 7.11 Å². The van der Waals surface area contributed by atoms with Crippen LogP contribution in [0.25, 0.3) is 0 Å². The van der Waals surface area contributed by atoms with E-state index in [0.717, 1.165) is 24.8 Å². The number of hydrogen-bond donors (Lipinski definition) is 0. The van der Waals surface area contributed by atoms with E-state index in [1.165, 1.54) is 0 Å². The van der Waals surface area contributed by atoms with Crippen molar-refractivity contribution < 1.29 is 14.3 Å². The number of carbonyl (C=O) groups is 2. The third-order valence-electron chi connectivity index (χ3n) is 6.07. The van der Waals surface area contributed by atoms with Crippen molar-refractivity contribution in [3.63, 3.8) is 0 Å². The summed E-state index contributed by atoms with van der Waals surface area (Å²) in [6.07, 6.45) is 2.93. The minimum absolute atomic E-state index is 0.131. The van der Waals surface area contributed by atoms with Crippen molar-refractivity contribution in [1.29, 1.82) is 0 Å². The van der Waals surface area contributed by atoms with Crippen LogP contribution < -0.4 is 0 Å². The molecule has 1 aliphatic carbocycles. The Morgan fingerprint density at radius 2 is 1.62 bits per heavy atom. The summed E-state index contributed by atoms with van der Waals surface area (Å²) in [7, 11) is 1.66. The molecule has 1 heterocycles. The molecular formula is C21H30N2O3. The fourth-order valence-corrected chi connectivity index (χ4v) is 4.12. The molecule has 0 spiro atoms. The van der Waals surface area contributed by atoms with Gasteiger partial charge in [-0.1, -0.05) is 36.8 Å². The highest BCUT2D eigenvalue weighted by Gasteiger charge is 2.47. The van der Waals surface area contributed by atoms with Gasteiger partial charge in [-0.05, 0) is 32.3 Å². The van der Waals surface area contributed by atoms with Gasteiger partial charge >= 0.3 is 0 Å².